The molecule has 2 fully saturated rings. The van der Waals surface area contributed by atoms with Gasteiger partial charge in [0, 0.05) is 11.7 Å². The highest BCUT2D eigenvalue weighted by atomic mass is 32.2. The molecular formula is C18H22N2O2S. The zero-order valence-electron chi connectivity index (χ0n) is 13.2. The zero-order valence-corrected chi connectivity index (χ0v) is 14.0. The highest BCUT2D eigenvalue weighted by molar-refractivity contribution is 7.99. The maximum Gasteiger partial charge on any atom is 0.244 e. The van der Waals surface area contributed by atoms with Gasteiger partial charge in [0.1, 0.15) is 6.04 Å². The molecule has 2 aliphatic carbocycles. The first-order valence-electron chi connectivity index (χ1n) is 8.50. The predicted molar refractivity (Wildman–Crippen MR) is 90.9 cm³/mol. The lowest BCUT2D eigenvalue weighted by atomic mass is 9.84. The minimum atomic E-state index is -0.291. The SMILES string of the molecule is O=C(N[C@@H]1CCc2ccccc21)[C@H]1CSCN1C(=O)C1CCC1. The monoisotopic (exact) mass is 330 g/mol. The number of hydrogen-bond acceptors (Lipinski definition) is 3. The van der Waals surface area contributed by atoms with Gasteiger partial charge in [0.05, 0.1) is 11.9 Å². The van der Waals surface area contributed by atoms with Gasteiger partial charge >= 0.3 is 0 Å². The molecule has 2 atom stereocenters. The van der Waals surface area contributed by atoms with Crippen molar-refractivity contribution in [2.24, 2.45) is 5.92 Å². The molecule has 0 aromatic heterocycles. The van der Waals surface area contributed by atoms with E-state index in [2.05, 4.69) is 23.5 Å². The Morgan fingerprint density at radius 1 is 1.17 bits per heavy atom. The zero-order chi connectivity index (χ0) is 15.8. The fourth-order valence-corrected chi connectivity index (χ4v) is 4.91. The van der Waals surface area contributed by atoms with E-state index < -0.39 is 0 Å². The first kappa shape index (κ1) is 15.1. The van der Waals surface area contributed by atoms with Gasteiger partial charge in [-0.25, -0.2) is 0 Å². The average Bonchev–Trinajstić information content (AvgIpc) is 3.13. The van der Waals surface area contributed by atoms with E-state index in [4.69, 9.17) is 0 Å². The molecule has 1 saturated heterocycles. The number of hydrogen-bond donors (Lipinski definition) is 1. The molecule has 3 aliphatic rings. The molecule has 1 aromatic carbocycles. The third kappa shape index (κ3) is 2.75. The van der Waals surface area contributed by atoms with Crippen LogP contribution in [0, 0.1) is 5.92 Å². The summed E-state index contributed by atoms with van der Waals surface area (Å²) in [5.74, 6) is 1.75. The van der Waals surface area contributed by atoms with Crippen LogP contribution in [0.2, 0.25) is 0 Å². The molecule has 1 saturated carbocycles. The maximum absolute atomic E-state index is 12.7. The van der Waals surface area contributed by atoms with Gasteiger partial charge in [-0.1, -0.05) is 30.7 Å². The molecule has 122 valence electrons. The number of benzene rings is 1. The van der Waals surface area contributed by atoms with Crippen molar-refractivity contribution in [2.75, 3.05) is 11.6 Å². The first-order valence-corrected chi connectivity index (χ1v) is 9.66. The van der Waals surface area contributed by atoms with Gasteiger partial charge in [-0.05, 0) is 36.8 Å². The molecule has 0 bridgehead atoms. The Kier molecular flexibility index (Phi) is 4.05. The summed E-state index contributed by atoms with van der Waals surface area (Å²) < 4.78 is 0. The Hall–Kier alpha value is -1.49. The molecule has 4 rings (SSSR count). The third-order valence-electron chi connectivity index (χ3n) is 5.37. The molecule has 0 spiro atoms. The van der Waals surface area contributed by atoms with E-state index >= 15 is 0 Å². The number of thioether (sulfide) groups is 1. The normalized spacial score (nSPS) is 26.7. The summed E-state index contributed by atoms with van der Waals surface area (Å²) in [5.41, 5.74) is 2.57. The molecule has 2 amide bonds. The molecule has 1 aliphatic heterocycles. The van der Waals surface area contributed by atoms with Crippen molar-refractivity contribution in [2.45, 2.75) is 44.2 Å². The van der Waals surface area contributed by atoms with Crippen LogP contribution in [0.15, 0.2) is 24.3 Å². The van der Waals surface area contributed by atoms with Crippen LogP contribution < -0.4 is 5.32 Å². The molecule has 5 heteroatoms. The van der Waals surface area contributed by atoms with Crippen molar-refractivity contribution in [3.63, 3.8) is 0 Å². The van der Waals surface area contributed by atoms with Crippen LogP contribution >= 0.6 is 11.8 Å². The summed E-state index contributed by atoms with van der Waals surface area (Å²) >= 11 is 1.69. The van der Waals surface area contributed by atoms with Crippen LogP contribution in [0.5, 0.6) is 0 Å². The Morgan fingerprint density at radius 3 is 2.78 bits per heavy atom. The largest absolute Gasteiger partial charge is 0.347 e. The third-order valence-corrected chi connectivity index (χ3v) is 6.38. The van der Waals surface area contributed by atoms with E-state index in [-0.39, 0.29) is 29.8 Å². The fourth-order valence-electron chi connectivity index (χ4n) is 3.74. The number of amides is 2. The second kappa shape index (κ2) is 6.19. The van der Waals surface area contributed by atoms with Crippen molar-refractivity contribution < 1.29 is 9.59 Å². The second-order valence-electron chi connectivity index (χ2n) is 6.75. The standard InChI is InChI=1S/C18H22N2O2S/c21-17(19-15-9-8-12-4-1-2-7-14(12)15)16-10-23-11-20(16)18(22)13-5-3-6-13/h1-2,4,7,13,15-16H,3,5-6,8-11H2,(H,19,21)/t15-,16-/m1/s1. The number of nitrogens with one attached hydrogen (secondary N) is 1. The highest BCUT2D eigenvalue weighted by Gasteiger charge is 2.40. The number of aryl methyl sites for hydroxylation is 1. The highest BCUT2D eigenvalue weighted by Crippen LogP contribution is 2.34. The lowest BCUT2D eigenvalue weighted by Gasteiger charge is -2.32. The van der Waals surface area contributed by atoms with Crippen LogP contribution in [0.3, 0.4) is 0 Å². The number of fused-ring (bicyclic) bond motifs is 1. The molecule has 0 unspecified atom stereocenters. The van der Waals surface area contributed by atoms with Gasteiger partial charge in [-0.3, -0.25) is 9.59 Å². The summed E-state index contributed by atoms with van der Waals surface area (Å²) in [6.45, 7) is 0. The van der Waals surface area contributed by atoms with E-state index in [1.807, 2.05) is 11.0 Å². The summed E-state index contributed by atoms with van der Waals surface area (Å²) in [5, 5.41) is 3.19. The van der Waals surface area contributed by atoms with Gasteiger partial charge < -0.3 is 10.2 Å². The molecular weight excluding hydrogens is 308 g/mol. The van der Waals surface area contributed by atoms with Gasteiger partial charge in [0.2, 0.25) is 11.8 Å². The van der Waals surface area contributed by atoms with Gasteiger partial charge in [0.15, 0.2) is 0 Å². The number of nitrogens with zero attached hydrogens (tertiary/aromatic N) is 1. The van der Waals surface area contributed by atoms with Crippen molar-refractivity contribution in [3.05, 3.63) is 35.4 Å². The molecule has 1 N–H and O–H groups in total. The summed E-state index contributed by atoms with van der Waals surface area (Å²) in [4.78, 5) is 27.1. The minimum absolute atomic E-state index is 0.0179. The number of carbonyl (C=O) groups excluding carboxylic acids is 2. The van der Waals surface area contributed by atoms with E-state index in [9.17, 15) is 9.59 Å². The predicted octanol–water partition coefficient (Wildman–Crippen LogP) is 2.49. The molecule has 1 aromatic rings. The molecule has 1 heterocycles. The Balaban J connectivity index is 1.43. The van der Waals surface area contributed by atoms with E-state index in [0.29, 0.717) is 5.88 Å². The van der Waals surface area contributed by atoms with Crippen LogP contribution in [0.1, 0.15) is 42.9 Å². The summed E-state index contributed by atoms with van der Waals surface area (Å²) in [6.07, 6.45) is 5.11. The fraction of sp³-hybridized carbons (Fsp3) is 0.556. The van der Waals surface area contributed by atoms with E-state index in [1.165, 1.54) is 11.1 Å². The lowest BCUT2D eigenvalue weighted by Crippen LogP contribution is -2.50. The average molecular weight is 330 g/mol. The second-order valence-corrected chi connectivity index (χ2v) is 7.75. The Morgan fingerprint density at radius 2 is 2.00 bits per heavy atom. The molecule has 23 heavy (non-hydrogen) atoms. The lowest BCUT2D eigenvalue weighted by molar-refractivity contribution is -0.143. The van der Waals surface area contributed by atoms with Crippen molar-refractivity contribution >= 4 is 23.6 Å². The van der Waals surface area contributed by atoms with Crippen molar-refractivity contribution in [1.29, 1.82) is 0 Å². The summed E-state index contributed by atoms with van der Waals surface area (Å²) in [6, 6.07) is 8.13. The van der Waals surface area contributed by atoms with Crippen LogP contribution in [-0.4, -0.2) is 34.4 Å². The topological polar surface area (TPSA) is 49.4 Å². The number of rotatable bonds is 3. The minimum Gasteiger partial charge on any atom is -0.347 e. The maximum atomic E-state index is 12.7. The van der Waals surface area contributed by atoms with Crippen LogP contribution in [0.4, 0.5) is 0 Å². The molecule has 4 nitrogen and oxygen atoms in total. The van der Waals surface area contributed by atoms with E-state index in [0.717, 1.165) is 37.9 Å². The quantitative estimate of drug-likeness (QED) is 0.926. The number of carbonyl (C=O) groups is 2. The molecule has 0 radical (unpaired) electrons. The van der Waals surface area contributed by atoms with Gasteiger partial charge in [0.25, 0.3) is 0 Å². The Labute approximate surface area is 141 Å². The summed E-state index contributed by atoms with van der Waals surface area (Å²) in [7, 11) is 0. The van der Waals surface area contributed by atoms with Crippen molar-refractivity contribution in [3.8, 4) is 0 Å². The Bertz CT molecular complexity index is 629. The van der Waals surface area contributed by atoms with Gasteiger partial charge in [-0.15, -0.1) is 11.8 Å². The first-order chi connectivity index (χ1) is 11.2. The van der Waals surface area contributed by atoms with Crippen LogP contribution in [-0.2, 0) is 16.0 Å². The van der Waals surface area contributed by atoms with Crippen LogP contribution in [0.25, 0.3) is 0 Å². The smallest absolute Gasteiger partial charge is 0.244 e. The van der Waals surface area contributed by atoms with E-state index in [1.54, 1.807) is 11.8 Å². The van der Waals surface area contributed by atoms with Crippen molar-refractivity contribution in [1.82, 2.24) is 10.2 Å². The van der Waals surface area contributed by atoms with Gasteiger partial charge in [-0.2, -0.15) is 0 Å².